The monoisotopic (exact) mass is 302 g/mol. The van der Waals surface area contributed by atoms with Gasteiger partial charge in [0.05, 0.1) is 29.1 Å². The molecule has 0 aliphatic heterocycles. The molecule has 7 heteroatoms. The van der Waals surface area contributed by atoms with E-state index in [1.165, 1.54) is 0 Å². The number of halogens is 2. The van der Waals surface area contributed by atoms with Crippen molar-refractivity contribution in [1.29, 1.82) is 5.26 Å². The van der Waals surface area contributed by atoms with Crippen molar-refractivity contribution >= 4 is 34.8 Å². The standard InChI is InChI=1S/C12H16Cl2N4O/c1-16-11-9(13)8-10(14)12(17-11)18(5-3-4-15)6-7-19-2/h8H,3,5-7H2,1-2H3,(H,16,17). The summed E-state index contributed by atoms with van der Waals surface area (Å²) < 4.78 is 5.06. The van der Waals surface area contributed by atoms with Crippen LogP contribution in [0.25, 0.3) is 0 Å². The van der Waals surface area contributed by atoms with Crippen molar-refractivity contribution in [3.63, 3.8) is 0 Å². The van der Waals surface area contributed by atoms with E-state index in [1.807, 2.05) is 4.90 Å². The fraction of sp³-hybridized carbons (Fsp3) is 0.500. The number of methoxy groups -OCH3 is 1. The van der Waals surface area contributed by atoms with Crippen LogP contribution >= 0.6 is 23.2 Å². The third kappa shape index (κ3) is 4.43. The topological polar surface area (TPSA) is 61.2 Å². The van der Waals surface area contributed by atoms with Crippen molar-refractivity contribution < 1.29 is 4.74 Å². The Hall–Kier alpha value is -1.22. The summed E-state index contributed by atoms with van der Waals surface area (Å²) in [5.74, 6) is 1.16. The predicted octanol–water partition coefficient (Wildman–Crippen LogP) is 2.80. The van der Waals surface area contributed by atoms with Crippen LogP contribution in [0.3, 0.4) is 0 Å². The van der Waals surface area contributed by atoms with Crippen molar-refractivity contribution in [3.05, 3.63) is 16.1 Å². The summed E-state index contributed by atoms with van der Waals surface area (Å²) in [6.45, 7) is 1.67. The van der Waals surface area contributed by atoms with E-state index in [-0.39, 0.29) is 0 Å². The molecule has 1 rings (SSSR count). The van der Waals surface area contributed by atoms with Gasteiger partial charge in [-0.05, 0) is 6.07 Å². The largest absolute Gasteiger partial charge is 0.383 e. The maximum atomic E-state index is 8.71. The molecule has 0 bridgehead atoms. The van der Waals surface area contributed by atoms with Crippen LogP contribution in [0.5, 0.6) is 0 Å². The molecule has 0 fully saturated rings. The zero-order valence-corrected chi connectivity index (χ0v) is 12.4. The van der Waals surface area contributed by atoms with Gasteiger partial charge < -0.3 is 15.0 Å². The molecule has 0 radical (unpaired) electrons. The summed E-state index contributed by atoms with van der Waals surface area (Å²) in [5.41, 5.74) is 0. The van der Waals surface area contributed by atoms with E-state index in [4.69, 9.17) is 33.2 Å². The highest BCUT2D eigenvalue weighted by Crippen LogP contribution is 2.31. The molecule has 5 nitrogen and oxygen atoms in total. The molecule has 1 aromatic heterocycles. The number of nitriles is 1. The Morgan fingerprint density at radius 2 is 2.16 bits per heavy atom. The minimum atomic E-state index is 0.388. The van der Waals surface area contributed by atoms with Crippen molar-refractivity contribution in [2.75, 3.05) is 44.1 Å². The highest BCUT2D eigenvalue weighted by Gasteiger charge is 2.15. The SMILES string of the molecule is CNc1nc(N(CCC#N)CCOC)c(Cl)cc1Cl. The molecule has 1 N–H and O–H groups in total. The minimum absolute atomic E-state index is 0.388. The van der Waals surface area contributed by atoms with Gasteiger partial charge in [0.2, 0.25) is 0 Å². The highest BCUT2D eigenvalue weighted by molar-refractivity contribution is 6.37. The lowest BCUT2D eigenvalue weighted by Crippen LogP contribution is -2.29. The highest BCUT2D eigenvalue weighted by atomic mass is 35.5. The maximum absolute atomic E-state index is 8.71. The Morgan fingerprint density at radius 3 is 2.74 bits per heavy atom. The van der Waals surface area contributed by atoms with Gasteiger partial charge in [-0.2, -0.15) is 5.26 Å². The molecule has 0 atom stereocenters. The van der Waals surface area contributed by atoms with Gasteiger partial charge in [0, 0.05) is 27.2 Å². The summed E-state index contributed by atoms with van der Waals surface area (Å²) in [4.78, 5) is 6.29. The first kappa shape index (κ1) is 15.8. The maximum Gasteiger partial charge on any atom is 0.150 e. The predicted molar refractivity (Wildman–Crippen MR) is 78.1 cm³/mol. The molecule has 0 amide bonds. The molecule has 0 saturated carbocycles. The number of anilines is 2. The summed E-state index contributed by atoms with van der Waals surface area (Å²) in [6, 6.07) is 3.75. The van der Waals surface area contributed by atoms with Gasteiger partial charge in [0.25, 0.3) is 0 Å². The van der Waals surface area contributed by atoms with E-state index in [9.17, 15) is 0 Å². The molecule has 1 aromatic rings. The lowest BCUT2D eigenvalue weighted by molar-refractivity contribution is 0.205. The average Bonchev–Trinajstić information content (AvgIpc) is 2.40. The second kappa shape index (κ2) is 8.05. The van der Waals surface area contributed by atoms with E-state index in [2.05, 4.69) is 16.4 Å². The molecule has 0 aromatic carbocycles. The Morgan fingerprint density at radius 1 is 1.42 bits per heavy atom. The van der Waals surface area contributed by atoms with Crippen molar-refractivity contribution in [2.45, 2.75) is 6.42 Å². The zero-order valence-electron chi connectivity index (χ0n) is 10.9. The summed E-state index contributed by atoms with van der Waals surface area (Å²) in [6.07, 6.45) is 0.388. The lowest BCUT2D eigenvalue weighted by Gasteiger charge is -2.24. The normalized spacial score (nSPS) is 10.1. The summed E-state index contributed by atoms with van der Waals surface area (Å²) in [5, 5.41) is 12.5. The van der Waals surface area contributed by atoms with Gasteiger partial charge in [-0.25, -0.2) is 4.98 Å². The first-order valence-electron chi connectivity index (χ1n) is 5.78. The van der Waals surface area contributed by atoms with Gasteiger partial charge in [0.1, 0.15) is 11.6 Å². The second-order valence-electron chi connectivity index (χ2n) is 3.76. The van der Waals surface area contributed by atoms with Crippen LogP contribution in [0.15, 0.2) is 6.07 Å². The number of nitrogens with one attached hydrogen (secondary N) is 1. The number of hydrogen-bond acceptors (Lipinski definition) is 5. The van der Waals surface area contributed by atoms with Crippen LogP contribution in [0.2, 0.25) is 10.0 Å². The van der Waals surface area contributed by atoms with Crippen LogP contribution in [0.1, 0.15) is 6.42 Å². The van der Waals surface area contributed by atoms with Crippen LogP contribution in [0, 0.1) is 11.3 Å². The number of aromatic nitrogens is 1. The molecule has 104 valence electrons. The number of rotatable bonds is 7. The fourth-order valence-electron chi connectivity index (χ4n) is 1.56. The quantitative estimate of drug-likeness (QED) is 0.839. The smallest absolute Gasteiger partial charge is 0.150 e. The van der Waals surface area contributed by atoms with Crippen LogP contribution in [-0.4, -0.2) is 38.8 Å². The van der Waals surface area contributed by atoms with E-state index in [0.29, 0.717) is 47.8 Å². The number of hydrogen-bond donors (Lipinski definition) is 1. The molecule has 0 aliphatic carbocycles. The van der Waals surface area contributed by atoms with Crippen molar-refractivity contribution in [2.24, 2.45) is 0 Å². The van der Waals surface area contributed by atoms with Gasteiger partial charge in [-0.3, -0.25) is 0 Å². The van der Waals surface area contributed by atoms with Gasteiger partial charge in [-0.1, -0.05) is 23.2 Å². The molecule has 0 aliphatic rings. The van der Waals surface area contributed by atoms with Gasteiger partial charge in [-0.15, -0.1) is 0 Å². The van der Waals surface area contributed by atoms with E-state index in [0.717, 1.165) is 0 Å². The van der Waals surface area contributed by atoms with Crippen molar-refractivity contribution in [3.8, 4) is 6.07 Å². The third-order valence-corrected chi connectivity index (χ3v) is 3.07. The summed E-state index contributed by atoms with van der Waals surface area (Å²) in [7, 11) is 3.36. The number of nitrogens with zero attached hydrogens (tertiary/aromatic N) is 3. The average molecular weight is 303 g/mol. The zero-order chi connectivity index (χ0) is 14.3. The molecule has 0 spiro atoms. The van der Waals surface area contributed by atoms with Crippen LogP contribution in [0.4, 0.5) is 11.6 Å². The molecular weight excluding hydrogens is 287 g/mol. The molecular formula is C12H16Cl2N4O. The number of ether oxygens (including phenoxy) is 1. The third-order valence-electron chi connectivity index (χ3n) is 2.51. The fourth-order valence-corrected chi connectivity index (χ4v) is 2.14. The van der Waals surface area contributed by atoms with Gasteiger partial charge in [0.15, 0.2) is 0 Å². The minimum Gasteiger partial charge on any atom is -0.383 e. The van der Waals surface area contributed by atoms with E-state index < -0.39 is 0 Å². The van der Waals surface area contributed by atoms with E-state index >= 15 is 0 Å². The molecule has 0 unspecified atom stereocenters. The van der Waals surface area contributed by atoms with Gasteiger partial charge >= 0.3 is 0 Å². The Balaban J connectivity index is 3.02. The lowest BCUT2D eigenvalue weighted by atomic mass is 10.3. The van der Waals surface area contributed by atoms with Crippen LogP contribution < -0.4 is 10.2 Å². The summed E-state index contributed by atoms with van der Waals surface area (Å²) >= 11 is 12.2. The van der Waals surface area contributed by atoms with Crippen LogP contribution in [-0.2, 0) is 4.74 Å². The first-order valence-corrected chi connectivity index (χ1v) is 6.54. The first-order chi connectivity index (χ1) is 9.13. The molecule has 19 heavy (non-hydrogen) atoms. The Kier molecular flexibility index (Phi) is 6.71. The van der Waals surface area contributed by atoms with Crippen molar-refractivity contribution in [1.82, 2.24) is 4.98 Å². The number of pyridine rings is 1. The van der Waals surface area contributed by atoms with E-state index in [1.54, 1.807) is 20.2 Å². The molecule has 0 saturated heterocycles. The second-order valence-corrected chi connectivity index (χ2v) is 4.58. The Labute approximate surface area is 123 Å². The molecule has 1 heterocycles. The Bertz CT molecular complexity index is 462.